The number of benzene rings is 1. The number of ether oxygens (including phenoxy) is 1. The van der Waals surface area contributed by atoms with Crippen molar-refractivity contribution in [1.82, 2.24) is 14.9 Å². The molecular weight excluding hydrogens is 400 g/mol. The van der Waals surface area contributed by atoms with Crippen LogP contribution in [0.5, 0.6) is 5.75 Å². The Kier molecular flexibility index (Phi) is 7.46. The number of carbonyl (C=O) groups is 1. The quantitative estimate of drug-likeness (QED) is 0.457. The Morgan fingerprint density at radius 1 is 1.00 bits per heavy atom. The first-order valence-corrected chi connectivity index (χ1v) is 11.2. The molecule has 6 heteroatoms. The average Bonchev–Trinajstić information content (AvgIpc) is 2.84. The number of pyridine rings is 2. The third kappa shape index (κ3) is 5.92. The van der Waals surface area contributed by atoms with Crippen LogP contribution in [0.15, 0.2) is 67.3 Å². The zero-order valence-electron chi connectivity index (χ0n) is 18.6. The third-order valence-electron chi connectivity index (χ3n) is 5.88. The summed E-state index contributed by atoms with van der Waals surface area (Å²) in [5.41, 5.74) is 4.69. The molecule has 1 aromatic carbocycles. The highest BCUT2D eigenvalue weighted by molar-refractivity contribution is 5.95. The number of aryl methyl sites for hydroxylation is 1. The zero-order chi connectivity index (χ0) is 22.2. The van der Waals surface area contributed by atoms with E-state index in [2.05, 4.69) is 39.1 Å². The van der Waals surface area contributed by atoms with Crippen LogP contribution in [-0.4, -0.2) is 47.5 Å². The minimum Gasteiger partial charge on any atom is -0.494 e. The van der Waals surface area contributed by atoms with Gasteiger partial charge in [0.15, 0.2) is 0 Å². The monoisotopic (exact) mass is 430 g/mol. The molecule has 3 aromatic rings. The number of rotatable bonds is 10. The van der Waals surface area contributed by atoms with Crippen LogP contribution in [0.2, 0.25) is 0 Å². The van der Waals surface area contributed by atoms with Gasteiger partial charge in [0.2, 0.25) is 5.91 Å². The van der Waals surface area contributed by atoms with E-state index in [4.69, 9.17) is 4.74 Å². The molecule has 32 heavy (non-hydrogen) atoms. The van der Waals surface area contributed by atoms with E-state index >= 15 is 0 Å². The number of nitrogens with zero attached hydrogens (tertiary/aromatic N) is 4. The molecule has 0 radical (unpaired) electrons. The van der Waals surface area contributed by atoms with E-state index in [0.717, 1.165) is 50.3 Å². The van der Waals surface area contributed by atoms with Crippen molar-refractivity contribution in [2.75, 3.05) is 31.6 Å². The van der Waals surface area contributed by atoms with Crippen LogP contribution in [0.25, 0.3) is 0 Å². The van der Waals surface area contributed by atoms with E-state index in [1.54, 1.807) is 4.90 Å². The second-order valence-electron chi connectivity index (χ2n) is 8.19. The van der Waals surface area contributed by atoms with Crippen molar-refractivity contribution < 1.29 is 9.53 Å². The van der Waals surface area contributed by atoms with E-state index in [1.165, 1.54) is 16.7 Å². The van der Waals surface area contributed by atoms with Crippen LogP contribution in [0.3, 0.4) is 0 Å². The lowest BCUT2D eigenvalue weighted by atomic mass is 10.0. The van der Waals surface area contributed by atoms with Gasteiger partial charge in [-0.05, 0) is 72.4 Å². The van der Waals surface area contributed by atoms with Crippen molar-refractivity contribution in [2.45, 2.75) is 32.2 Å². The maximum absolute atomic E-state index is 11.9. The molecule has 0 atom stereocenters. The first-order valence-electron chi connectivity index (χ1n) is 11.2. The lowest BCUT2D eigenvalue weighted by molar-refractivity contribution is -0.118. The molecule has 3 heterocycles. The zero-order valence-corrected chi connectivity index (χ0v) is 18.6. The fourth-order valence-corrected chi connectivity index (χ4v) is 4.05. The number of anilines is 1. The number of hydrogen-bond donors (Lipinski definition) is 0. The molecule has 4 rings (SSSR count). The fourth-order valence-electron chi connectivity index (χ4n) is 4.05. The van der Waals surface area contributed by atoms with Gasteiger partial charge in [-0.2, -0.15) is 0 Å². The van der Waals surface area contributed by atoms with Crippen molar-refractivity contribution in [3.05, 3.63) is 83.9 Å². The molecule has 0 N–H and O–H groups in total. The van der Waals surface area contributed by atoms with Gasteiger partial charge in [0.25, 0.3) is 0 Å². The van der Waals surface area contributed by atoms with Gasteiger partial charge >= 0.3 is 0 Å². The Morgan fingerprint density at radius 3 is 2.69 bits per heavy atom. The van der Waals surface area contributed by atoms with E-state index in [-0.39, 0.29) is 5.91 Å². The van der Waals surface area contributed by atoms with Gasteiger partial charge in [0.05, 0.1) is 6.61 Å². The van der Waals surface area contributed by atoms with Gasteiger partial charge in [-0.15, -0.1) is 0 Å². The maximum atomic E-state index is 11.9. The standard InChI is InChI=1S/C26H30N4O2/c1-29-25-7-6-24(18-23(25)5-8-26(29)31)32-17-3-15-30(20-22-9-13-27-14-10-22)16-11-21-4-2-12-28-19-21/h2,4,6-7,9-10,12-14,18-19H,3,5,8,11,15-17,20H2,1H3. The third-order valence-corrected chi connectivity index (χ3v) is 5.88. The molecule has 1 aliphatic rings. The van der Waals surface area contributed by atoms with Gasteiger partial charge in [0, 0.05) is 63.6 Å². The van der Waals surface area contributed by atoms with Crippen molar-refractivity contribution >= 4 is 11.6 Å². The number of fused-ring (bicyclic) bond motifs is 1. The molecule has 1 aliphatic heterocycles. The van der Waals surface area contributed by atoms with Crippen molar-refractivity contribution in [3.63, 3.8) is 0 Å². The number of hydrogen-bond acceptors (Lipinski definition) is 5. The highest BCUT2D eigenvalue weighted by Gasteiger charge is 2.21. The number of aromatic nitrogens is 2. The predicted molar refractivity (Wildman–Crippen MR) is 126 cm³/mol. The van der Waals surface area contributed by atoms with Crippen LogP contribution >= 0.6 is 0 Å². The van der Waals surface area contributed by atoms with E-state index < -0.39 is 0 Å². The normalized spacial score (nSPS) is 13.3. The first-order chi connectivity index (χ1) is 15.7. The molecule has 0 bridgehead atoms. The summed E-state index contributed by atoms with van der Waals surface area (Å²) in [7, 11) is 1.84. The van der Waals surface area contributed by atoms with Crippen LogP contribution in [-0.2, 0) is 24.2 Å². The smallest absolute Gasteiger partial charge is 0.227 e. The highest BCUT2D eigenvalue weighted by atomic mass is 16.5. The molecule has 6 nitrogen and oxygen atoms in total. The lowest BCUT2D eigenvalue weighted by Crippen LogP contribution is -2.31. The first kappa shape index (κ1) is 22.0. The number of carbonyl (C=O) groups excluding carboxylic acids is 1. The van der Waals surface area contributed by atoms with E-state index in [1.807, 2.05) is 50.0 Å². The van der Waals surface area contributed by atoms with Crippen LogP contribution in [0, 0.1) is 0 Å². The fraction of sp³-hybridized carbons (Fsp3) is 0.346. The summed E-state index contributed by atoms with van der Waals surface area (Å²) in [6.07, 6.45) is 10.7. The molecule has 166 valence electrons. The second-order valence-corrected chi connectivity index (χ2v) is 8.19. The minimum atomic E-state index is 0.173. The number of amides is 1. The van der Waals surface area contributed by atoms with Crippen molar-refractivity contribution in [1.29, 1.82) is 0 Å². The van der Waals surface area contributed by atoms with Crippen molar-refractivity contribution in [2.24, 2.45) is 0 Å². The van der Waals surface area contributed by atoms with E-state index in [0.29, 0.717) is 13.0 Å². The molecule has 1 amide bonds. The SMILES string of the molecule is CN1C(=O)CCc2cc(OCCCN(CCc3cccnc3)Cc3ccncc3)ccc21. The van der Waals surface area contributed by atoms with Gasteiger partial charge in [0.1, 0.15) is 5.75 Å². The highest BCUT2D eigenvalue weighted by Crippen LogP contribution is 2.30. The second kappa shape index (κ2) is 10.9. The summed E-state index contributed by atoms with van der Waals surface area (Å²) in [5, 5.41) is 0. The molecule has 0 aliphatic carbocycles. The van der Waals surface area contributed by atoms with Gasteiger partial charge in [-0.25, -0.2) is 0 Å². The topological polar surface area (TPSA) is 58.6 Å². The molecular formula is C26H30N4O2. The van der Waals surface area contributed by atoms with Crippen molar-refractivity contribution in [3.8, 4) is 5.75 Å². The summed E-state index contributed by atoms with van der Waals surface area (Å²) in [6, 6.07) is 14.3. The predicted octanol–water partition coefficient (Wildman–Crippen LogP) is 3.90. The van der Waals surface area contributed by atoms with Gasteiger partial charge in [-0.1, -0.05) is 6.07 Å². The van der Waals surface area contributed by atoms with Crippen LogP contribution < -0.4 is 9.64 Å². The summed E-state index contributed by atoms with van der Waals surface area (Å²) < 4.78 is 6.05. The van der Waals surface area contributed by atoms with Crippen LogP contribution in [0.4, 0.5) is 5.69 Å². The summed E-state index contributed by atoms with van der Waals surface area (Å²) in [5.74, 6) is 1.05. The van der Waals surface area contributed by atoms with Gasteiger partial charge in [-0.3, -0.25) is 19.7 Å². The summed E-state index contributed by atoms with van der Waals surface area (Å²) >= 11 is 0. The Labute approximate surface area is 189 Å². The molecule has 0 fully saturated rings. The van der Waals surface area contributed by atoms with Crippen LogP contribution in [0.1, 0.15) is 29.5 Å². The Balaban J connectivity index is 1.30. The molecule has 0 unspecified atom stereocenters. The maximum Gasteiger partial charge on any atom is 0.227 e. The molecule has 0 spiro atoms. The summed E-state index contributed by atoms with van der Waals surface area (Å²) in [6.45, 7) is 3.47. The molecule has 2 aromatic heterocycles. The Morgan fingerprint density at radius 2 is 1.88 bits per heavy atom. The van der Waals surface area contributed by atoms with E-state index in [9.17, 15) is 4.79 Å². The molecule has 0 saturated heterocycles. The minimum absolute atomic E-state index is 0.173. The van der Waals surface area contributed by atoms with Gasteiger partial charge < -0.3 is 9.64 Å². The Hall–Kier alpha value is -3.25. The average molecular weight is 431 g/mol. The summed E-state index contributed by atoms with van der Waals surface area (Å²) in [4.78, 5) is 24.4. The largest absolute Gasteiger partial charge is 0.494 e. The Bertz CT molecular complexity index is 1010. The lowest BCUT2D eigenvalue weighted by Gasteiger charge is -2.26. The molecule has 0 saturated carbocycles.